The second-order valence-electron chi connectivity index (χ2n) is 8.24. The van der Waals surface area contributed by atoms with Gasteiger partial charge in [-0.15, -0.1) is 0 Å². The van der Waals surface area contributed by atoms with E-state index in [1.807, 2.05) is 42.5 Å². The number of halogens is 1. The Kier molecular flexibility index (Phi) is 5.60. The van der Waals surface area contributed by atoms with Crippen LogP contribution in [0.5, 0.6) is 5.75 Å². The van der Waals surface area contributed by atoms with E-state index in [2.05, 4.69) is 16.3 Å². The number of nitriles is 1. The van der Waals surface area contributed by atoms with E-state index in [9.17, 15) is 10.1 Å². The second kappa shape index (κ2) is 8.73. The summed E-state index contributed by atoms with van der Waals surface area (Å²) in [5, 5.41) is 18.3. The van der Waals surface area contributed by atoms with Gasteiger partial charge in [0.15, 0.2) is 11.6 Å². The maximum atomic E-state index is 13.2. The van der Waals surface area contributed by atoms with Crippen molar-refractivity contribution in [1.29, 1.82) is 5.26 Å². The van der Waals surface area contributed by atoms with Crippen LogP contribution >= 0.6 is 11.6 Å². The van der Waals surface area contributed by atoms with Gasteiger partial charge in [0.05, 0.1) is 30.4 Å². The van der Waals surface area contributed by atoms with Crippen LogP contribution in [0.2, 0.25) is 5.02 Å². The summed E-state index contributed by atoms with van der Waals surface area (Å²) in [5.41, 5.74) is 10.9. The van der Waals surface area contributed by atoms with Crippen LogP contribution in [-0.4, -0.2) is 23.1 Å². The lowest BCUT2D eigenvalue weighted by Crippen LogP contribution is -2.38. The van der Waals surface area contributed by atoms with Gasteiger partial charge >= 0.3 is 0 Å². The molecule has 1 aliphatic heterocycles. The second-order valence-corrected chi connectivity index (χ2v) is 8.67. The smallest absolute Gasteiger partial charge is 0.161 e. The van der Waals surface area contributed by atoms with Crippen LogP contribution < -0.4 is 15.4 Å². The van der Waals surface area contributed by atoms with Crippen molar-refractivity contribution in [3.05, 3.63) is 87.8 Å². The molecule has 2 aromatic carbocycles. The fourth-order valence-electron chi connectivity index (χ4n) is 4.68. The number of nitrogens with one attached hydrogen (secondary N) is 1. The zero-order valence-corrected chi connectivity index (χ0v) is 19.3. The highest BCUT2D eigenvalue weighted by Crippen LogP contribution is 2.46. The maximum Gasteiger partial charge on any atom is 0.161 e. The number of nitrogens with two attached hydrogens (primary N) is 1. The summed E-state index contributed by atoms with van der Waals surface area (Å²) in [5.74, 6) is 1.02. The van der Waals surface area contributed by atoms with Gasteiger partial charge in [0, 0.05) is 28.8 Å². The first-order valence-electron chi connectivity index (χ1n) is 10.9. The van der Waals surface area contributed by atoms with E-state index < -0.39 is 5.92 Å². The zero-order valence-electron chi connectivity index (χ0n) is 18.5. The highest BCUT2D eigenvalue weighted by atomic mass is 35.5. The van der Waals surface area contributed by atoms with Gasteiger partial charge in [-0.3, -0.25) is 14.8 Å². The number of nitrogens with zero attached hydrogens (tertiary/aromatic N) is 3. The number of carbonyl (C=O) groups excluding carboxylic acids is 1. The molecule has 0 amide bonds. The Morgan fingerprint density at radius 1 is 1.18 bits per heavy atom. The predicted octanol–water partition coefficient (Wildman–Crippen LogP) is 5.04. The van der Waals surface area contributed by atoms with Crippen LogP contribution in [-0.2, 0) is 4.79 Å². The summed E-state index contributed by atoms with van der Waals surface area (Å²) >= 11 is 6.02. The molecule has 34 heavy (non-hydrogen) atoms. The summed E-state index contributed by atoms with van der Waals surface area (Å²) in [4.78, 5) is 15.0. The Morgan fingerprint density at radius 3 is 2.59 bits per heavy atom. The molecule has 1 aliphatic carbocycles. The fraction of sp³-hybridized carbons (Fsp3) is 0.192. The number of aromatic amines is 1. The average molecular weight is 472 g/mol. The lowest BCUT2D eigenvalue weighted by molar-refractivity contribution is -0.116. The topological polar surface area (TPSA) is 108 Å². The van der Waals surface area contributed by atoms with E-state index in [0.717, 1.165) is 22.5 Å². The number of ketones is 1. The van der Waals surface area contributed by atoms with E-state index in [1.54, 1.807) is 24.1 Å². The Hall–Kier alpha value is -4.02. The van der Waals surface area contributed by atoms with Crippen LogP contribution in [0.15, 0.2) is 77.3 Å². The number of carbonyl (C=O) groups is 1. The molecule has 8 heteroatoms. The molecule has 0 bridgehead atoms. The van der Waals surface area contributed by atoms with Crippen LogP contribution in [0, 0.1) is 11.3 Å². The van der Waals surface area contributed by atoms with Crippen molar-refractivity contribution in [2.45, 2.75) is 25.2 Å². The average Bonchev–Trinajstić information content (AvgIpc) is 3.33. The predicted molar refractivity (Wildman–Crippen MR) is 130 cm³/mol. The number of methoxy groups -OCH3 is 1. The first-order valence-corrected chi connectivity index (χ1v) is 11.3. The van der Waals surface area contributed by atoms with Gasteiger partial charge < -0.3 is 10.5 Å². The Morgan fingerprint density at radius 2 is 1.91 bits per heavy atom. The number of H-pyrrole nitrogens is 1. The SMILES string of the molecule is COc1ccc(C2C(C#N)=C(N)N(c3cc(-c4ccc(Cl)cc4)[nH]n3)C3=C2C(=O)CCC3)cc1. The first kappa shape index (κ1) is 21.8. The van der Waals surface area contributed by atoms with E-state index in [4.69, 9.17) is 22.1 Å². The highest BCUT2D eigenvalue weighted by molar-refractivity contribution is 6.30. The number of aromatic nitrogens is 2. The maximum absolute atomic E-state index is 13.2. The molecule has 3 aromatic rings. The van der Waals surface area contributed by atoms with Crippen LogP contribution in [0.3, 0.4) is 0 Å². The molecular formula is C26H22ClN5O2. The number of rotatable bonds is 4. The normalized spacial score (nSPS) is 18.1. The van der Waals surface area contributed by atoms with Gasteiger partial charge in [-0.25, -0.2) is 0 Å². The molecule has 3 N–H and O–H groups in total. The Labute approximate surface area is 202 Å². The number of hydrogen-bond acceptors (Lipinski definition) is 6. The molecule has 7 nitrogen and oxygen atoms in total. The van der Waals surface area contributed by atoms with Gasteiger partial charge in [0.25, 0.3) is 0 Å². The minimum atomic E-state index is -0.523. The van der Waals surface area contributed by atoms with Gasteiger partial charge in [0.1, 0.15) is 11.6 Å². The van der Waals surface area contributed by atoms with E-state index in [1.165, 1.54) is 0 Å². The molecule has 2 aliphatic rings. The number of anilines is 1. The quantitative estimate of drug-likeness (QED) is 0.551. The van der Waals surface area contributed by atoms with E-state index in [-0.39, 0.29) is 11.6 Å². The number of allylic oxidation sites excluding steroid dienone is 3. The van der Waals surface area contributed by atoms with Crippen LogP contribution in [0.25, 0.3) is 11.3 Å². The lowest BCUT2D eigenvalue weighted by atomic mass is 9.75. The van der Waals surface area contributed by atoms with Crippen molar-refractivity contribution >= 4 is 23.2 Å². The molecule has 2 heterocycles. The van der Waals surface area contributed by atoms with Gasteiger partial charge in [-0.05, 0) is 48.2 Å². The van der Waals surface area contributed by atoms with Crippen molar-refractivity contribution in [2.24, 2.45) is 5.73 Å². The van der Waals surface area contributed by atoms with Gasteiger partial charge in [-0.1, -0.05) is 35.9 Å². The van der Waals surface area contributed by atoms with E-state index in [0.29, 0.717) is 47.0 Å². The molecule has 1 atom stereocenters. The minimum Gasteiger partial charge on any atom is -0.497 e. The molecule has 1 aromatic heterocycles. The monoisotopic (exact) mass is 471 g/mol. The van der Waals surface area contributed by atoms with Crippen molar-refractivity contribution < 1.29 is 9.53 Å². The van der Waals surface area contributed by atoms with Crippen LogP contribution in [0.1, 0.15) is 30.7 Å². The summed E-state index contributed by atoms with van der Waals surface area (Å²) in [6, 6.07) is 18.9. The lowest BCUT2D eigenvalue weighted by Gasteiger charge is -2.38. The molecule has 0 saturated carbocycles. The number of benzene rings is 2. The fourth-order valence-corrected chi connectivity index (χ4v) is 4.81. The molecule has 5 rings (SSSR count). The molecule has 0 radical (unpaired) electrons. The molecule has 0 spiro atoms. The third-order valence-corrected chi connectivity index (χ3v) is 6.56. The Balaban J connectivity index is 1.64. The zero-order chi connectivity index (χ0) is 23.8. The third-order valence-electron chi connectivity index (χ3n) is 6.31. The Bertz CT molecular complexity index is 1360. The van der Waals surface area contributed by atoms with Gasteiger partial charge in [-0.2, -0.15) is 10.4 Å². The molecule has 170 valence electrons. The molecular weight excluding hydrogens is 450 g/mol. The summed E-state index contributed by atoms with van der Waals surface area (Å²) in [7, 11) is 1.60. The highest BCUT2D eigenvalue weighted by Gasteiger charge is 2.40. The summed E-state index contributed by atoms with van der Waals surface area (Å²) in [6.45, 7) is 0. The molecule has 1 unspecified atom stereocenters. The third kappa shape index (κ3) is 3.62. The standard InChI is InChI=1S/C26H22ClN5O2/c1-34-18-11-7-16(8-12-18)24-19(14-28)26(29)32(21-3-2-4-22(33)25(21)24)23-13-20(30-31-23)15-5-9-17(27)10-6-15/h5-13,24H,2-4,29H2,1H3,(H,30,31). The van der Waals surface area contributed by atoms with Gasteiger partial charge in [0.2, 0.25) is 0 Å². The number of hydrogen-bond donors (Lipinski definition) is 2. The van der Waals surface area contributed by atoms with Crippen molar-refractivity contribution in [3.8, 4) is 23.1 Å². The summed E-state index contributed by atoms with van der Waals surface area (Å²) in [6.07, 6.45) is 1.82. The first-order chi connectivity index (χ1) is 16.5. The summed E-state index contributed by atoms with van der Waals surface area (Å²) < 4.78 is 5.27. The minimum absolute atomic E-state index is 0.0285. The van der Waals surface area contributed by atoms with Crippen molar-refractivity contribution in [3.63, 3.8) is 0 Å². The van der Waals surface area contributed by atoms with E-state index >= 15 is 0 Å². The van der Waals surface area contributed by atoms with Crippen molar-refractivity contribution in [1.82, 2.24) is 10.2 Å². The van der Waals surface area contributed by atoms with Crippen molar-refractivity contribution in [2.75, 3.05) is 12.0 Å². The molecule has 0 saturated heterocycles. The number of Topliss-reactive ketones (excluding diaryl/α,β-unsaturated/α-hetero) is 1. The largest absolute Gasteiger partial charge is 0.497 e. The van der Waals surface area contributed by atoms with Crippen LogP contribution in [0.4, 0.5) is 5.82 Å². The number of ether oxygens (including phenoxy) is 1. The molecule has 0 fully saturated rings.